The summed E-state index contributed by atoms with van der Waals surface area (Å²) < 4.78 is 19.9. The number of imide groups is 1. The van der Waals surface area contributed by atoms with Gasteiger partial charge in [-0.05, 0) is 31.2 Å². The lowest BCUT2D eigenvalue weighted by atomic mass is 9.92. The zero-order valence-electron chi connectivity index (χ0n) is 14.7. The molecule has 144 valence electrons. The topological polar surface area (TPSA) is 84.6 Å². The zero-order chi connectivity index (χ0) is 20.1. The Labute approximate surface area is 163 Å². The number of amides is 3. The molecule has 0 bridgehead atoms. The van der Waals surface area contributed by atoms with Gasteiger partial charge in [-0.15, -0.1) is 0 Å². The van der Waals surface area contributed by atoms with E-state index in [2.05, 4.69) is 5.32 Å². The van der Waals surface area contributed by atoms with Crippen LogP contribution >= 0.6 is 11.6 Å². The number of carbonyl (C=O) groups excluding carboxylic acids is 2. The molecule has 7 nitrogen and oxygen atoms in total. The second-order valence-corrected chi connectivity index (χ2v) is 7.03. The van der Waals surface area contributed by atoms with E-state index in [0.717, 1.165) is 11.0 Å². The molecule has 2 heterocycles. The minimum atomic E-state index is -1.43. The molecule has 2 aromatic carbocycles. The molecule has 3 amide bonds. The third-order valence-corrected chi connectivity index (χ3v) is 5.18. The van der Waals surface area contributed by atoms with Crippen LogP contribution in [0.2, 0.25) is 5.02 Å². The van der Waals surface area contributed by atoms with Crippen molar-refractivity contribution < 1.29 is 18.4 Å². The van der Waals surface area contributed by atoms with Crippen LogP contribution in [0.5, 0.6) is 0 Å². The maximum absolute atomic E-state index is 13.3. The lowest BCUT2D eigenvalue weighted by molar-refractivity contribution is -0.131. The molecule has 0 aliphatic carbocycles. The van der Waals surface area contributed by atoms with Gasteiger partial charge in [-0.1, -0.05) is 29.8 Å². The van der Waals surface area contributed by atoms with Crippen LogP contribution in [-0.2, 0) is 16.9 Å². The molecule has 3 aromatic rings. The number of carbonyl (C=O) groups is 2. The number of oxazole rings is 1. The van der Waals surface area contributed by atoms with Crippen molar-refractivity contribution in [2.75, 3.05) is 6.54 Å². The SMILES string of the molecule is CC1(c2ccc(F)cc2Cl)NC(=O)N(CCn2c(=O)oc3ccccc32)C1=O. The van der Waals surface area contributed by atoms with Gasteiger partial charge in [0.05, 0.1) is 5.52 Å². The third kappa shape index (κ3) is 2.77. The first-order valence-electron chi connectivity index (χ1n) is 8.49. The van der Waals surface area contributed by atoms with Gasteiger partial charge in [0.2, 0.25) is 0 Å². The summed E-state index contributed by atoms with van der Waals surface area (Å²) in [5, 5.41) is 2.65. The van der Waals surface area contributed by atoms with Crippen LogP contribution in [0.4, 0.5) is 9.18 Å². The van der Waals surface area contributed by atoms with Gasteiger partial charge in [-0.2, -0.15) is 0 Å². The minimum Gasteiger partial charge on any atom is -0.408 e. The Morgan fingerprint density at radius 2 is 1.89 bits per heavy atom. The summed E-state index contributed by atoms with van der Waals surface area (Å²) in [7, 11) is 0. The Balaban J connectivity index is 1.61. The number of urea groups is 1. The molecule has 0 saturated carbocycles. The Morgan fingerprint density at radius 3 is 2.64 bits per heavy atom. The molecular formula is C19H15ClFN3O4. The number of nitrogens with one attached hydrogen (secondary N) is 1. The number of aromatic nitrogens is 1. The predicted molar refractivity (Wildman–Crippen MR) is 99.5 cm³/mol. The van der Waals surface area contributed by atoms with Crippen LogP contribution in [0, 0.1) is 5.82 Å². The number of para-hydroxylation sites is 2. The van der Waals surface area contributed by atoms with E-state index in [9.17, 15) is 18.8 Å². The lowest BCUT2D eigenvalue weighted by Gasteiger charge is -2.23. The van der Waals surface area contributed by atoms with Crippen molar-refractivity contribution >= 4 is 34.6 Å². The predicted octanol–water partition coefficient (Wildman–Crippen LogP) is 2.85. The van der Waals surface area contributed by atoms with Gasteiger partial charge in [-0.3, -0.25) is 14.3 Å². The Bertz CT molecular complexity index is 1170. The van der Waals surface area contributed by atoms with Gasteiger partial charge in [0.1, 0.15) is 11.4 Å². The highest BCUT2D eigenvalue weighted by molar-refractivity contribution is 6.32. The van der Waals surface area contributed by atoms with Gasteiger partial charge in [0.25, 0.3) is 5.91 Å². The number of rotatable bonds is 4. The molecule has 1 aliphatic rings. The smallest absolute Gasteiger partial charge is 0.408 e. The molecule has 0 spiro atoms. The van der Waals surface area contributed by atoms with E-state index in [1.165, 1.54) is 23.6 Å². The highest BCUT2D eigenvalue weighted by Crippen LogP contribution is 2.34. The van der Waals surface area contributed by atoms with E-state index in [4.69, 9.17) is 16.0 Å². The van der Waals surface area contributed by atoms with E-state index in [1.807, 2.05) is 0 Å². The zero-order valence-corrected chi connectivity index (χ0v) is 15.5. The summed E-state index contributed by atoms with van der Waals surface area (Å²) in [5.74, 6) is -1.65. The second-order valence-electron chi connectivity index (χ2n) is 6.62. The maximum Gasteiger partial charge on any atom is 0.420 e. The fraction of sp³-hybridized carbons (Fsp3) is 0.211. The van der Waals surface area contributed by atoms with Crippen LogP contribution in [0.25, 0.3) is 11.1 Å². The van der Waals surface area contributed by atoms with Gasteiger partial charge in [-0.25, -0.2) is 14.0 Å². The summed E-state index contributed by atoms with van der Waals surface area (Å²) >= 11 is 6.08. The number of hydrogen-bond donors (Lipinski definition) is 1. The van der Waals surface area contributed by atoms with Crippen molar-refractivity contribution in [1.82, 2.24) is 14.8 Å². The summed E-state index contributed by atoms with van der Waals surface area (Å²) in [6.07, 6.45) is 0. The molecule has 1 aromatic heterocycles. The standard InChI is InChI=1S/C19H15ClFN3O4/c1-19(12-7-6-11(21)10-13(12)20)16(25)24(17(26)22-19)9-8-23-14-4-2-3-5-15(14)28-18(23)27/h2-7,10H,8-9H2,1H3,(H,22,26). The number of halogens is 2. The molecule has 1 saturated heterocycles. The summed E-state index contributed by atoms with van der Waals surface area (Å²) in [5.41, 5.74) is -0.135. The molecule has 28 heavy (non-hydrogen) atoms. The van der Waals surface area contributed by atoms with Crippen LogP contribution < -0.4 is 11.1 Å². The van der Waals surface area contributed by atoms with Crippen molar-refractivity contribution in [2.45, 2.75) is 19.0 Å². The third-order valence-electron chi connectivity index (χ3n) is 4.87. The molecule has 1 N–H and O–H groups in total. The molecular weight excluding hydrogens is 389 g/mol. The second kappa shape index (κ2) is 6.49. The van der Waals surface area contributed by atoms with Crippen LogP contribution in [-0.4, -0.2) is 28.0 Å². The normalized spacial score (nSPS) is 19.5. The summed E-state index contributed by atoms with van der Waals surface area (Å²) in [4.78, 5) is 38.5. The molecule has 1 atom stereocenters. The van der Waals surface area contributed by atoms with Crippen LogP contribution in [0.15, 0.2) is 51.7 Å². The fourth-order valence-electron chi connectivity index (χ4n) is 3.40. The van der Waals surface area contributed by atoms with Gasteiger partial charge >= 0.3 is 11.8 Å². The van der Waals surface area contributed by atoms with E-state index in [1.54, 1.807) is 24.3 Å². The molecule has 0 radical (unpaired) electrons. The average Bonchev–Trinajstić information content (AvgIpc) is 3.07. The first kappa shape index (κ1) is 18.2. The summed E-state index contributed by atoms with van der Waals surface area (Å²) in [6, 6.07) is 9.89. The highest BCUT2D eigenvalue weighted by atomic mass is 35.5. The van der Waals surface area contributed by atoms with E-state index < -0.39 is 29.1 Å². The van der Waals surface area contributed by atoms with Crippen molar-refractivity contribution in [3.8, 4) is 0 Å². The monoisotopic (exact) mass is 403 g/mol. The van der Waals surface area contributed by atoms with Crippen molar-refractivity contribution in [3.63, 3.8) is 0 Å². The fourth-order valence-corrected chi connectivity index (χ4v) is 3.76. The lowest BCUT2D eigenvalue weighted by Crippen LogP contribution is -2.41. The Hall–Kier alpha value is -3.13. The van der Waals surface area contributed by atoms with Gasteiger partial charge in [0.15, 0.2) is 5.58 Å². The largest absolute Gasteiger partial charge is 0.420 e. The molecule has 1 fully saturated rings. The number of hydrogen-bond acceptors (Lipinski definition) is 4. The van der Waals surface area contributed by atoms with Gasteiger partial charge in [0, 0.05) is 23.7 Å². The van der Waals surface area contributed by atoms with Crippen LogP contribution in [0.3, 0.4) is 0 Å². The van der Waals surface area contributed by atoms with Gasteiger partial charge < -0.3 is 9.73 Å². The van der Waals surface area contributed by atoms with Crippen molar-refractivity contribution in [2.24, 2.45) is 0 Å². The maximum atomic E-state index is 13.3. The molecule has 1 unspecified atom stereocenters. The summed E-state index contributed by atoms with van der Waals surface area (Å²) in [6.45, 7) is 1.54. The van der Waals surface area contributed by atoms with E-state index in [0.29, 0.717) is 16.7 Å². The first-order chi connectivity index (χ1) is 13.3. The minimum absolute atomic E-state index is 0.0371. The first-order valence-corrected chi connectivity index (χ1v) is 8.87. The molecule has 1 aliphatic heterocycles. The van der Waals surface area contributed by atoms with E-state index >= 15 is 0 Å². The Morgan fingerprint density at radius 1 is 1.14 bits per heavy atom. The number of nitrogens with zero attached hydrogens (tertiary/aromatic N) is 2. The Kier molecular flexibility index (Phi) is 4.23. The molecule has 9 heteroatoms. The van der Waals surface area contributed by atoms with Crippen LogP contribution in [0.1, 0.15) is 12.5 Å². The average molecular weight is 404 g/mol. The number of fused-ring (bicyclic) bond motifs is 1. The number of benzene rings is 2. The quantitative estimate of drug-likeness (QED) is 0.679. The molecule has 4 rings (SSSR count). The van der Waals surface area contributed by atoms with E-state index in [-0.39, 0.29) is 18.1 Å². The van der Waals surface area contributed by atoms with Crippen molar-refractivity contribution in [1.29, 1.82) is 0 Å². The highest BCUT2D eigenvalue weighted by Gasteiger charge is 2.49. The van der Waals surface area contributed by atoms with Crippen molar-refractivity contribution in [3.05, 3.63) is 69.4 Å².